The van der Waals surface area contributed by atoms with E-state index in [2.05, 4.69) is 36.4 Å². The fourth-order valence-corrected chi connectivity index (χ4v) is 3.32. The fraction of sp³-hybridized carbons (Fsp3) is 0.500. The van der Waals surface area contributed by atoms with Gasteiger partial charge in [0, 0.05) is 36.3 Å². The fourth-order valence-electron chi connectivity index (χ4n) is 3.32. The number of hydrogen-bond acceptors (Lipinski definition) is 6. The first kappa shape index (κ1) is 20.9. The topological polar surface area (TPSA) is 79.4 Å². The Bertz CT molecular complexity index is 812. The number of likely N-dealkylation sites (tertiary alicyclic amines) is 1. The summed E-state index contributed by atoms with van der Waals surface area (Å²) in [5.74, 6) is 1.39. The maximum atomic E-state index is 11.9. The van der Waals surface area contributed by atoms with Crippen molar-refractivity contribution in [3.8, 4) is 11.3 Å². The third kappa shape index (κ3) is 6.07. The Kier molecular flexibility index (Phi) is 6.56. The number of rotatable bonds is 5. The molecular weight excluding hydrogens is 366 g/mol. The third-order valence-corrected chi connectivity index (χ3v) is 4.65. The molecule has 2 N–H and O–H groups in total. The Morgan fingerprint density at radius 2 is 1.86 bits per heavy atom. The van der Waals surface area contributed by atoms with E-state index in [-0.39, 0.29) is 17.7 Å². The number of benzene rings is 1. The van der Waals surface area contributed by atoms with Crippen LogP contribution in [0, 0.1) is 0 Å². The number of hydrogen-bond donors (Lipinski definition) is 2. The largest absolute Gasteiger partial charge is 0.450 e. The van der Waals surface area contributed by atoms with Crippen molar-refractivity contribution in [2.24, 2.45) is 0 Å². The van der Waals surface area contributed by atoms with Gasteiger partial charge < -0.3 is 20.3 Å². The SMILES string of the molecule is CCOC(=O)N1CCC(Nc2nc(NC(C)(C)C)cc(-c3ccccc3)n2)CC1. The van der Waals surface area contributed by atoms with Crippen LogP contribution in [0.1, 0.15) is 40.5 Å². The minimum absolute atomic E-state index is 0.107. The van der Waals surface area contributed by atoms with Gasteiger partial charge in [-0.1, -0.05) is 30.3 Å². The Morgan fingerprint density at radius 1 is 1.17 bits per heavy atom. The summed E-state index contributed by atoms with van der Waals surface area (Å²) in [6.45, 7) is 9.89. The van der Waals surface area contributed by atoms with Crippen LogP contribution in [-0.4, -0.2) is 52.2 Å². The van der Waals surface area contributed by atoms with Crippen molar-refractivity contribution >= 4 is 17.9 Å². The molecule has 1 aromatic heterocycles. The molecule has 2 heterocycles. The molecule has 156 valence electrons. The van der Waals surface area contributed by atoms with Crippen LogP contribution in [0.2, 0.25) is 0 Å². The first-order valence-electron chi connectivity index (χ1n) is 10.2. The second-order valence-electron chi connectivity index (χ2n) is 8.31. The van der Waals surface area contributed by atoms with E-state index in [4.69, 9.17) is 9.72 Å². The molecule has 0 radical (unpaired) electrons. The number of amides is 1. The Morgan fingerprint density at radius 3 is 2.48 bits per heavy atom. The third-order valence-electron chi connectivity index (χ3n) is 4.65. The molecule has 1 aliphatic rings. The molecule has 7 heteroatoms. The average Bonchev–Trinajstić information content (AvgIpc) is 2.68. The van der Waals surface area contributed by atoms with E-state index in [1.54, 1.807) is 4.90 Å². The summed E-state index contributed by atoms with van der Waals surface area (Å²) in [5, 5.41) is 6.91. The highest BCUT2D eigenvalue weighted by Gasteiger charge is 2.24. The second-order valence-corrected chi connectivity index (χ2v) is 8.31. The highest BCUT2D eigenvalue weighted by Crippen LogP contribution is 2.24. The summed E-state index contributed by atoms with van der Waals surface area (Å²) in [6, 6.07) is 12.3. The van der Waals surface area contributed by atoms with Crippen molar-refractivity contribution in [1.29, 1.82) is 0 Å². The van der Waals surface area contributed by atoms with E-state index in [0.29, 0.717) is 25.6 Å². The summed E-state index contributed by atoms with van der Waals surface area (Å²) in [7, 11) is 0. The van der Waals surface area contributed by atoms with Gasteiger partial charge in [0.25, 0.3) is 0 Å². The summed E-state index contributed by atoms with van der Waals surface area (Å²) in [5.41, 5.74) is 1.82. The zero-order valence-corrected chi connectivity index (χ0v) is 17.7. The number of carbonyl (C=O) groups excluding carboxylic acids is 1. The number of carbonyl (C=O) groups is 1. The van der Waals surface area contributed by atoms with Crippen LogP contribution in [-0.2, 0) is 4.74 Å². The minimum Gasteiger partial charge on any atom is -0.450 e. The molecular formula is C22H31N5O2. The van der Waals surface area contributed by atoms with Gasteiger partial charge in [0.15, 0.2) is 0 Å². The van der Waals surface area contributed by atoms with Crippen molar-refractivity contribution in [3.05, 3.63) is 36.4 Å². The van der Waals surface area contributed by atoms with Gasteiger partial charge in [-0.3, -0.25) is 0 Å². The number of nitrogens with one attached hydrogen (secondary N) is 2. The van der Waals surface area contributed by atoms with Crippen molar-refractivity contribution in [2.45, 2.75) is 52.1 Å². The van der Waals surface area contributed by atoms with Crippen LogP contribution < -0.4 is 10.6 Å². The molecule has 0 atom stereocenters. The molecule has 0 spiro atoms. The Labute approximate surface area is 172 Å². The van der Waals surface area contributed by atoms with Crippen molar-refractivity contribution in [3.63, 3.8) is 0 Å². The van der Waals surface area contributed by atoms with Crippen LogP contribution in [0.15, 0.2) is 36.4 Å². The van der Waals surface area contributed by atoms with Gasteiger partial charge in [-0.2, -0.15) is 4.98 Å². The zero-order chi connectivity index (χ0) is 20.9. The highest BCUT2D eigenvalue weighted by molar-refractivity contribution is 5.68. The molecule has 3 rings (SSSR count). The molecule has 1 aliphatic heterocycles. The highest BCUT2D eigenvalue weighted by atomic mass is 16.6. The van der Waals surface area contributed by atoms with Crippen molar-refractivity contribution in [2.75, 3.05) is 30.3 Å². The summed E-state index contributed by atoms with van der Waals surface area (Å²) in [6.07, 6.45) is 1.43. The summed E-state index contributed by atoms with van der Waals surface area (Å²) < 4.78 is 5.10. The van der Waals surface area contributed by atoms with Crippen molar-refractivity contribution < 1.29 is 9.53 Å². The second kappa shape index (κ2) is 9.11. The molecule has 29 heavy (non-hydrogen) atoms. The van der Waals surface area contributed by atoms with Gasteiger partial charge >= 0.3 is 6.09 Å². The van der Waals surface area contributed by atoms with Gasteiger partial charge in [-0.25, -0.2) is 9.78 Å². The summed E-state index contributed by atoms with van der Waals surface area (Å²) in [4.78, 5) is 23.1. The number of piperidine rings is 1. The number of nitrogens with zero attached hydrogens (tertiary/aromatic N) is 3. The molecule has 7 nitrogen and oxygen atoms in total. The van der Waals surface area contributed by atoms with Crippen LogP contribution in [0.4, 0.5) is 16.6 Å². The Balaban J connectivity index is 1.75. The molecule has 1 aromatic carbocycles. The van der Waals surface area contributed by atoms with E-state index < -0.39 is 0 Å². The lowest BCUT2D eigenvalue weighted by molar-refractivity contribution is 0.0983. The van der Waals surface area contributed by atoms with Gasteiger partial charge in [0.1, 0.15) is 5.82 Å². The van der Waals surface area contributed by atoms with E-state index in [0.717, 1.165) is 29.9 Å². The molecule has 1 fully saturated rings. The smallest absolute Gasteiger partial charge is 0.409 e. The first-order valence-corrected chi connectivity index (χ1v) is 10.2. The van der Waals surface area contributed by atoms with Crippen LogP contribution in [0.3, 0.4) is 0 Å². The molecule has 2 aromatic rings. The number of aromatic nitrogens is 2. The van der Waals surface area contributed by atoms with Gasteiger partial charge in [-0.05, 0) is 40.5 Å². The van der Waals surface area contributed by atoms with Gasteiger partial charge in [0.2, 0.25) is 5.95 Å². The van der Waals surface area contributed by atoms with Crippen LogP contribution >= 0.6 is 0 Å². The number of anilines is 2. The van der Waals surface area contributed by atoms with Crippen LogP contribution in [0.5, 0.6) is 0 Å². The lowest BCUT2D eigenvalue weighted by Crippen LogP contribution is -2.42. The lowest BCUT2D eigenvalue weighted by Gasteiger charge is -2.31. The molecule has 0 aliphatic carbocycles. The zero-order valence-electron chi connectivity index (χ0n) is 17.7. The van der Waals surface area contributed by atoms with Gasteiger partial charge in [-0.15, -0.1) is 0 Å². The standard InChI is InChI=1S/C22H31N5O2/c1-5-29-21(28)27-13-11-17(12-14-27)23-20-24-18(16-9-7-6-8-10-16)15-19(25-20)26-22(2,3)4/h6-10,15,17H,5,11-14H2,1-4H3,(H2,23,24,25,26). The van der Waals surface area contributed by atoms with Crippen LogP contribution in [0.25, 0.3) is 11.3 Å². The lowest BCUT2D eigenvalue weighted by atomic mass is 10.1. The predicted octanol–water partition coefficient (Wildman–Crippen LogP) is 4.39. The molecule has 0 bridgehead atoms. The molecule has 1 amide bonds. The van der Waals surface area contributed by atoms with E-state index >= 15 is 0 Å². The Hall–Kier alpha value is -2.83. The monoisotopic (exact) mass is 397 g/mol. The quantitative estimate of drug-likeness (QED) is 0.779. The maximum absolute atomic E-state index is 11.9. The minimum atomic E-state index is -0.232. The average molecular weight is 398 g/mol. The molecule has 1 saturated heterocycles. The van der Waals surface area contributed by atoms with Gasteiger partial charge in [0.05, 0.1) is 12.3 Å². The van der Waals surface area contributed by atoms with E-state index in [1.165, 1.54) is 0 Å². The van der Waals surface area contributed by atoms with Crippen molar-refractivity contribution in [1.82, 2.24) is 14.9 Å². The predicted molar refractivity (Wildman–Crippen MR) is 116 cm³/mol. The van der Waals surface area contributed by atoms with E-state index in [1.807, 2.05) is 43.3 Å². The normalized spacial score (nSPS) is 15.1. The number of ether oxygens (including phenoxy) is 1. The summed E-state index contributed by atoms with van der Waals surface area (Å²) >= 11 is 0. The van der Waals surface area contributed by atoms with E-state index in [9.17, 15) is 4.79 Å². The maximum Gasteiger partial charge on any atom is 0.409 e. The molecule has 0 saturated carbocycles. The first-order chi connectivity index (χ1) is 13.8. The molecule has 0 unspecified atom stereocenters.